The topological polar surface area (TPSA) is 83.0 Å². The molecule has 3 aromatic rings. The van der Waals surface area contributed by atoms with E-state index in [2.05, 4.69) is 15.1 Å². The van der Waals surface area contributed by atoms with E-state index in [1.807, 2.05) is 23.6 Å². The van der Waals surface area contributed by atoms with Crippen LogP contribution in [-0.4, -0.2) is 33.1 Å². The van der Waals surface area contributed by atoms with Gasteiger partial charge >= 0.3 is 0 Å². The minimum atomic E-state index is -0.0211. The zero-order valence-corrected chi connectivity index (χ0v) is 13.1. The highest BCUT2D eigenvalue weighted by Gasteiger charge is 2.11. The van der Waals surface area contributed by atoms with E-state index in [9.17, 15) is 10.2 Å². The summed E-state index contributed by atoms with van der Waals surface area (Å²) < 4.78 is 1.63. The van der Waals surface area contributed by atoms with Gasteiger partial charge < -0.3 is 10.2 Å². The number of hydrogen-bond donors (Lipinski definition) is 2. The molecule has 6 nitrogen and oxygen atoms in total. The number of aromatic nitrogens is 2. The standard InChI is InChI=1S/C16H14N4O2S/c1-17-16-20(19-9-11-4-2-3-7-18-11)14(10-23-16)13-6-5-12(21)8-15(13)22/h2-10,21-22H,1H3/b17-16?,19-9+. The van der Waals surface area contributed by atoms with Crippen LogP contribution in [0.1, 0.15) is 5.69 Å². The van der Waals surface area contributed by atoms with Crippen LogP contribution in [-0.2, 0) is 0 Å². The molecule has 0 aliphatic carbocycles. The second-order valence-electron chi connectivity index (χ2n) is 4.64. The van der Waals surface area contributed by atoms with Crippen molar-refractivity contribution in [2.24, 2.45) is 10.1 Å². The normalized spacial score (nSPS) is 12.1. The largest absolute Gasteiger partial charge is 0.508 e. The van der Waals surface area contributed by atoms with Crippen molar-refractivity contribution in [3.63, 3.8) is 0 Å². The van der Waals surface area contributed by atoms with Crippen molar-refractivity contribution in [3.8, 4) is 22.8 Å². The Bertz CT molecular complexity index is 913. The van der Waals surface area contributed by atoms with E-state index in [0.717, 1.165) is 0 Å². The zero-order chi connectivity index (χ0) is 16.2. The molecule has 3 rings (SSSR count). The van der Waals surface area contributed by atoms with Gasteiger partial charge in [-0.2, -0.15) is 5.10 Å². The van der Waals surface area contributed by atoms with E-state index in [-0.39, 0.29) is 11.5 Å². The van der Waals surface area contributed by atoms with E-state index < -0.39 is 0 Å². The number of nitrogens with zero attached hydrogens (tertiary/aromatic N) is 4. The van der Waals surface area contributed by atoms with Crippen LogP contribution in [0.2, 0.25) is 0 Å². The molecule has 116 valence electrons. The fourth-order valence-electron chi connectivity index (χ4n) is 2.05. The third kappa shape index (κ3) is 3.14. The molecule has 0 bridgehead atoms. The molecule has 0 amide bonds. The van der Waals surface area contributed by atoms with Gasteiger partial charge in [-0.3, -0.25) is 9.98 Å². The third-order valence-electron chi connectivity index (χ3n) is 3.13. The van der Waals surface area contributed by atoms with Gasteiger partial charge in [-0.25, -0.2) is 4.68 Å². The minimum Gasteiger partial charge on any atom is -0.508 e. The average Bonchev–Trinajstić information content (AvgIpc) is 2.96. The lowest BCUT2D eigenvalue weighted by atomic mass is 10.1. The number of benzene rings is 1. The highest BCUT2D eigenvalue weighted by Crippen LogP contribution is 2.32. The van der Waals surface area contributed by atoms with Crippen molar-refractivity contribution in [2.45, 2.75) is 0 Å². The molecule has 0 aliphatic rings. The summed E-state index contributed by atoms with van der Waals surface area (Å²) in [6.07, 6.45) is 3.32. The molecule has 0 fully saturated rings. The van der Waals surface area contributed by atoms with Gasteiger partial charge in [-0.05, 0) is 24.3 Å². The smallest absolute Gasteiger partial charge is 0.205 e. The number of rotatable bonds is 3. The highest BCUT2D eigenvalue weighted by atomic mass is 32.1. The van der Waals surface area contributed by atoms with E-state index >= 15 is 0 Å². The fraction of sp³-hybridized carbons (Fsp3) is 0.0625. The summed E-state index contributed by atoms with van der Waals surface area (Å²) in [4.78, 5) is 9.07. The molecular weight excluding hydrogens is 312 g/mol. The van der Waals surface area contributed by atoms with E-state index in [1.165, 1.54) is 23.5 Å². The Morgan fingerprint density at radius 3 is 2.78 bits per heavy atom. The molecule has 2 aromatic heterocycles. The first-order valence-corrected chi connectivity index (χ1v) is 7.68. The number of aromatic hydroxyl groups is 2. The van der Waals surface area contributed by atoms with Gasteiger partial charge in [0.1, 0.15) is 11.5 Å². The lowest BCUT2D eigenvalue weighted by Crippen LogP contribution is -2.11. The Hall–Kier alpha value is -2.93. The van der Waals surface area contributed by atoms with Crippen molar-refractivity contribution in [1.82, 2.24) is 9.66 Å². The lowest BCUT2D eigenvalue weighted by molar-refractivity contribution is 0.451. The number of hydrogen-bond acceptors (Lipinski definition) is 6. The molecular formula is C16H14N4O2S. The molecule has 0 unspecified atom stereocenters. The first-order valence-electron chi connectivity index (χ1n) is 6.80. The van der Waals surface area contributed by atoms with Crippen LogP contribution >= 0.6 is 11.3 Å². The van der Waals surface area contributed by atoms with Crippen molar-refractivity contribution in [3.05, 3.63) is 58.5 Å². The van der Waals surface area contributed by atoms with Crippen LogP contribution in [0.15, 0.2) is 58.1 Å². The molecule has 0 saturated heterocycles. The number of thiazole rings is 1. The monoisotopic (exact) mass is 326 g/mol. The molecule has 2 heterocycles. The minimum absolute atomic E-state index is 0.00502. The SMILES string of the molecule is CN=c1scc(-c2ccc(O)cc2O)n1/N=C/c1ccccn1. The summed E-state index contributed by atoms with van der Waals surface area (Å²) in [7, 11) is 1.68. The lowest BCUT2D eigenvalue weighted by Gasteiger charge is -2.06. The number of phenols is 2. The molecule has 0 atom stereocenters. The van der Waals surface area contributed by atoms with Gasteiger partial charge in [-0.15, -0.1) is 11.3 Å². The molecule has 0 saturated carbocycles. The third-order valence-corrected chi connectivity index (χ3v) is 4.03. The quantitative estimate of drug-likeness (QED) is 0.725. The van der Waals surface area contributed by atoms with Crippen LogP contribution in [0.25, 0.3) is 11.3 Å². The average molecular weight is 326 g/mol. The summed E-state index contributed by atoms with van der Waals surface area (Å²) in [5.41, 5.74) is 1.96. The number of phenolic OH excluding ortho intramolecular Hbond substituents is 2. The molecule has 23 heavy (non-hydrogen) atoms. The second kappa shape index (κ2) is 6.45. The van der Waals surface area contributed by atoms with Crippen molar-refractivity contribution >= 4 is 17.6 Å². The molecule has 0 spiro atoms. The van der Waals surface area contributed by atoms with Gasteiger partial charge in [0, 0.05) is 30.3 Å². The first-order chi connectivity index (χ1) is 11.2. The van der Waals surface area contributed by atoms with Gasteiger partial charge in [0.05, 0.1) is 17.6 Å². The predicted octanol–water partition coefficient (Wildman–Crippen LogP) is 2.44. The Labute approximate surface area is 136 Å². The molecule has 0 radical (unpaired) electrons. The summed E-state index contributed by atoms with van der Waals surface area (Å²) in [5.74, 6) is -0.0161. The molecule has 7 heteroatoms. The van der Waals surface area contributed by atoms with Crippen LogP contribution < -0.4 is 4.80 Å². The Morgan fingerprint density at radius 2 is 2.09 bits per heavy atom. The molecule has 2 N–H and O–H groups in total. The van der Waals surface area contributed by atoms with Crippen molar-refractivity contribution in [1.29, 1.82) is 0 Å². The Balaban J connectivity index is 2.10. The summed E-state index contributed by atoms with van der Waals surface area (Å²) in [5, 5.41) is 25.8. The Kier molecular flexibility index (Phi) is 4.20. The maximum absolute atomic E-state index is 10.1. The predicted molar refractivity (Wildman–Crippen MR) is 89.8 cm³/mol. The highest BCUT2D eigenvalue weighted by molar-refractivity contribution is 7.07. The number of pyridine rings is 1. The maximum atomic E-state index is 10.1. The van der Waals surface area contributed by atoms with E-state index in [1.54, 1.807) is 30.2 Å². The molecule has 1 aromatic carbocycles. The first kappa shape index (κ1) is 15.0. The van der Waals surface area contributed by atoms with Gasteiger partial charge in [0.15, 0.2) is 0 Å². The summed E-state index contributed by atoms with van der Waals surface area (Å²) in [6, 6.07) is 10.0. The molecule has 0 aliphatic heterocycles. The summed E-state index contributed by atoms with van der Waals surface area (Å²) >= 11 is 1.41. The van der Waals surface area contributed by atoms with Crippen LogP contribution in [0.4, 0.5) is 0 Å². The van der Waals surface area contributed by atoms with Crippen LogP contribution in [0.5, 0.6) is 11.5 Å². The summed E-state index contributed by atoms with van der Waals surface area (Å²) in [6.45, 7) is 0. The van der Waals surface area contributed by atoms with E-state index in [0.29, 0.717) is 21.8 Å². The Morgan fingerprint density at radius 1 is 1.22 bits per heavy atom. The zero-order valence-electron chi connectivity index (χ0n) is 12.3. The van der Waals surface area contributed by atoms with E-state index in [4.69, 9.17) is 0 Å². The maximum Gasteiger partial charge on any atom is 0.205 e. The van der Waals surface area contributed by atoms with Gasteiger partial charge in [-0.1, -0.05) is 6.07 Å². The van der Waals surface area contributed by atoms with Gasteiger partial charge in [0.2, 0.25) is 4.80 Å². The van der Waals surface area contributed by atoms with Crippen molar-refractivity contribution in [2.75, 3.05) is 7.05 Å². The second-order valence-corrected chi connectivity index (χ2v) is 5.48. The van der Waals surface area contributed by atoms with Crippen molar-refractivity contribution < 1.29 is 10.2 Å². The van der Waals surface area contributed by atoms with Crippen LogP contribution in [0.3, 0.4) is 0 Å². The van der Waals surface area contributed by atoms with Crippen LogP contribution in [0, 0.1) is 0 Å². The van der Waals surface area contributed by atoms with Gasteiger partial charge in [0.25, 0.3) is 0 Å². The fourth-order valence-corrected chi connectivity index (χ4v) is 2.85.